The quantitative estimate of drug-likeness (QED) is 0.689. The van der Waals surface area contributed by atoms with E-state index in [9.17, 15) is 14.4 Å². The monoisotopic (exact) mass is 426 g/mol. The predicted molar refractivity (Wildman–Crippen MR) is 119 cm³/mol. The molecule has 0 saturated carbocycles. The van der Waals surface area contributed by atoms with Crippen LogP contribution in [0.4, 0.5) is 11.4 Å². The molecule has 0 spiro atoms. The van der Waals surface area contributed by atoms with Crippen molar-refractivity contribution in [2.24, 2.45) is 5.41 Å². The van der Waals surface area contributed by atoms with Crippen LogP contribution < -0.4 is 15.0 Å². The summed E-state index contributed by atoms with van der Waals surface area (Å²) in [5, 5.41) is 2.41. The summed E-state index contributed by atoms with van der Waals surface area (Å²) in [7, 11) is 1.56. The third kappa shape index (κ3) is 5.42. The maximum Gasteiger partial charge on any atom is 0.247 e. The number of nitrogens with one attached hydrogen (secondary N) is 1. The number of carbonyl (C=O) groups excluding carboxylic acids is 3. The number of amides is 3. The smallest absolute Gasteiger partial charge is 0.247 e. The van der Waals surface area contributed by atoms with Crippen LogP contribution in [0.3, 0.4) is 0 Å². The zero-order valence-corrected chi connectivity index (χ0v) is 18.4. The first-order chi connectivity index (χ1) is 14.2. The zero-order chi connectivity index (χ0) is 21.9. The average molecular weight is 427 g/mol. The highest BCUT2D eigenvalue weighted by Gasteiger charge is 2.40. The number of ether oxygens (including phenoxy) is 1. The molecule has 1 heterocycles. The third-order valence-electron chi connectivity index (χ3n) is 4.54. The summed E-state index contributed by atoms with van der Waals surface area (Å²) in [6.45, 7) is 6.05. The van der Waals surface area contributed by atoms with Gasteiger partial charge in [-0.15, -0.1) is 11.8 Å². The molecule has 0 bridgehead atoms. The minimum absolute atomic E-state index is 0.0328. The van der Waals surface area contributed by atoms with Crippen LogP contribution in [0.25, 0.3) is 0 Å². The van der Waals surface area contributed by atoms with E-state index in [4.69, 9.17) is 4.74 Å². The molecule has 1 saturated heterocycles. The number of thioether (sulfide) groups is 1. The van der Waals surface area contributed by atoms with Gasteiger partial charge in [-0.2, -0.15) is 0 Å². The molecule has 3 amide bonds. The average Bonchev–Trinajstić information content (AvgIpc) is 2.95. The molecule has 1 N–H and O–H groups in total. The van der Waals surface area contributed by atoms with E-state index >= 15 is 0 Å². The van der Waals surface area contributed by atoms with Crippen molar-refractivity contribution in [1.29, 1.82) is 0 Å². The second-order valence-corrected chi connectivity index (χ2v) is 9.66. The fourth-order valence-electron chi connectivity index (χ4n) is 3.17. The van der Waals surface area contributed by atoms with Gasteiger partial charge in [-0.05, 0) is 53.9 Å². The van der Waals surface area contributed by atoms with Crippen LogP contribution in [0.15, 0.2) is 53.4 Å². The van der Waals surface area contributed by atoms with Crippen LogP contribution in [0.1, 0.15) is 33.6 Å². The molecule has 7 heteroatoms. The first-order valence-corrected chi connectivity index (χ1v) is 10.6. The van der Waals surface area contributed by atoms with E-state index in [1.54, 1.807) is 31.4 Å². The number of hydrogen-bond donors (Lipinski definition) is 1. The van der Waals surface area contributed by atoms with Gasteiger partial charge in [0.05, 0.1) is 18.0 Å². The molecule has 0 radical (unpaired) electrons. The van der Waals surface area contributed by atoms with Crippen molar-refractivity contribution >= 4 is 40.9 Å². The molecule has 158 valence electrons. The molecular weight excluding hydrogens is 400 g/mol. The van der Waals surface area contributed by atoms with E-state index in [0.29, 0.717) is 23.5 Å². The third-order valence-corrected chi connectivity index (χ3v) is 5.74. The van der Waals surface area contributed by atoms with Gasteiger partial charge in [-0.1, -0.05) is 20.8 Å². The molecule has 1 unspecified atom stereocenters. The van der Waals surface area contributed by atoms with E-state index in [0.717, 1.165) is 4.90 Å². The lowest BCUT2D eigenvalue weighted by molar-refractivity contribution is -0.121. The summed E-state index contributed by atoms with van der Waals surface area (Å²) in [5.41, 5.74) is 1.18. The molecule has 1 aliphatic heterocycles. The van der Waals surface area contributed by atoms with Crippen molar-refractivity contribution in [3.05, 3.63) is 48.5 Å². The Hall–Kier alpha value is -2.80. The van der Waals surface area contributed by atoms with Crippen molar-refractivity contribution in [2.75, 3.05) is 17.3 Å². The van der Waals surface area contributed by atoms with Crippen molar-refractivity contribution in [2.45, 2.75) is 43.8 Å². The van der Waals surface area contributed by atoms with E-state index in [-0.39, 0.29) is 29.6 Å². The Balaban J connectivity index is 1.63. The van der Waals surface area contributed by atoms with Crippen molar-refractivity contribution in [3.63, 3.8) is 0 Å². The number of imide groups is 1. The topological polar surface area (TPSA) is 75.7 Å². The van der Waals surface area contributed by atoms with Gasteiger partial charge < -0.3 is 10.1 Å². The molecule has 1 aliphatic rings. The Bertz CT molecular complexity index is 933. The van der Waals surface area contributed by atoms with Crippen molar-refractivity contribution < 1.29 is 19.1 Å². The number of rotatable bonds is 6. The summed E-state index contributed by atoms with van der Waals surface area (Å²) in [4.78, 5) is 39.4. The molecule has 0 aromatic heterocycles. The number of anilines is 2. The molecule has 1 fully saturated rings. The van der Waals surface area contributed by atoms with Gasteiger partial charge in [0.15, 0.2) is 0 Å². The molecule has 2 aromatic rings. The Kier molecular flexibility index (Phi) is 6.51. The zero-order valence-electron chi connectivity index (χ0n) is 17.6. The Labute approximate surface area is 181 Å². The first kappa shape index (κ1) is 21.9. The summed E-state index contributed by atoms with van der Waals surface area (Å²) in [6, 6.07) is 14.2. The number of nitrogens with zero attached hydrogens (tertiary/aromatic N) is 1. The van der Waals surface area contributed by atoms with Gasteiger partial charge in [0.2, 0.25) is 17.7 Å². The van der Waals surface area contributed by atoms with Gasteiger partial charge in [0.1, 0.15) is 5.75 Å². The fourth-order valence-corrected chi connectivity index (χ4v) is 4.22. The van der Waals surface area contributed by atoms with Gasteiger partial charge in [-0.25, -0.2) is 4.90 Å². The first-order valence-electron chi connectivity index (χ1n) is 9.74. The van der Waals surface area contributed by atoms with E-state index in [1.165, 1.54) is 16.7 Å². The maximum atomic E-state index is 12.8. The van der Waals surface area contributed by atoms with Crippen molar-refractivity contribution in [3.8, 4) is 5.75 Å². The molecule has 30 heavy (non-hydrogen) atoms. The maximum absolute atomic E-state index is 12.8. The van der Waals surface area contributed by atoms with Gasteiger partial charge in [0.25, 0.3) is 0 Å². The lowest BCUT2D eigenvalue weighted by Crippen LogP contribution is -2.31. The Morgan fingerprint density at radius 3 is 2.30 bits per heavy atom. The normalized spacial score (nSPS) is 16.7. The molecule has 6 nitrogen and oxygen atoms in total. The number of methoxy groups -OCH3 is 1. The van der Waals surface area contributed by atoms with Crippen LogP contribution in [0, 0.1) is 5.41 Å². The predicted octanol–water partition coefficient (Wildman–Crippen LogP) is 4.49. The molecule has 0 aliphatic carbocycles. The van der Waals surface area contributed by atoms with Gasteiger partial charge >= 0.3 is 0 Å². The molecular formula is C23H26N2O4S. The highest BCUT2D eigenvalue weighted by molar-refractivity contribution is 8.00. The second-order valence-electron chi connectivity index (χ2n) is 8.39. The lowest BCUT2D eigenvalue weighted by Gasteiger charge is -2.17. The van der Waals surface area contributed by atoms with Crippen molar-refractivity contribution in [1.82, 2.24) is 0 Å². The number of benzene rings is 2. The molecule has 3 rings (SSSR count). The number of hydrogen-bond acceptors (Lipinski definition) is 5. The van der Waals surface area contributed by atoms with Crippen LogP contribution >= 0.6 is 11.8 Å². The summed E-state index contributed by atoms with van der Waals surface area (Å²) in [6.07, 6.45) is 0.586. The van der Waals surface area contributed by atoms with Crippen LogP contribution in [0.2, 0.25) is 0 Å². The molecule has 1 atom stereocenters. The van der Waals surface area contributed by atoms with Gasteiger partial charge in [0, 0.05) is 23.4 Å². The van der Waals surface area contributed by atoms with Gasteiger partial charge in [-0.3, -0.25) is 14.4 Å². The standard InChI is InChI=1S/C23H26N2O4S/c1-23(2,3)14-20(26)24-15-5-11-18(12-6-15)30-19-13-21(27)25(22(19)28)16-7-9-17(29-4)10-8-16/h5-12,19H,13-14H2,1-4H3,(H,24,26). The van der Waals surface area contributed by atoms with E-state index in [2.05, 4.69) is 5.32 Å². The Morgan fingerprint density at radius 2 is 1.73 bits per heavy atom. The summed E-state index contributed by atoms with van der Waals surface area (Å²) in [5.74, 6) is 0.194. The SMILES string of the molecule is COc1ccc(N2C(=O)CC(Sc3ccc(NC(=O)CC(C)(C)C)cc3)C2=O)cc1. The van der Waals surface area contributed by atoms with E-state index < -0.39 is 5.25 Å². The highest BCUT2D eigenvalue weighted by Crippen LogP contribution is 2.35. The number of carbonyl (C=O) groups is 3. The minimum Gasteiger partial charge on any atom is -0.497 e. The van der Waals surface area contributed by atoms with E-state index in [1.807, 2.05) is 45.0 Å². The molecule has 2 aromatic carbocycles. The second kappa shape index (κ2) is 8.92. The summed E-state index contributed by atoms with van der Waals surface area (Å²) >= 11 is 1.36. The van der Waals surface area contributed by atoms with Crippen LogP contribution in [-0.2, 0) is 14.4 Å². The largest absolute Gasteiger partial charge is 0.497 e. The Morgan fingerprint density at radius 1 is 1.10 bits per heavy atom. The lowest BCUT2D eigenvalue weighted by atomic mass is 9.92. The van der Waals surface area contributed by atoms with Crippen LogP contribution in [0.5, 0.6) is 5.75 Å². The van der Waals surface area contributed by atoms with Crippen LogP contribution in [-0.4, -0.2) is 30.1 Å². The minimum atomic E-state index is -0.471. The fraction of sp³-hybridized carbons (Fsp3) is 0.348. The highest BCUT2D eigenvalue weighted by atomic mass is 32.2. The summed E-state index contributed by atoms with van der Waals surface area (Å²) < 4.78 is 5.12.